The van der Waals surface area contributed by atoms with Gasteiger partial charge in [0, 0.05) is 31.5 Å². The van der Waals surface area contributed by atoms with E-state index < -0.39 is 5.41 Å². The van der Waals surface area contributed by atoms with E-state index in [-0.39, 0.29) is 11.7 Å². The second kappa shape index (κ2) is 8.18. The van der Waals surface area contributed by atoms with Crippen molar-refractivity contribution in [2.75, 3.05) is 27.4 Å². The molecule has 0 atom stereocenters. The third-order valence-corrected chi connectivity index (χ3v) is 3.78. The second-order valence-corrected chi connectivity index (χ2v) is 6.20. The average molecular weight is 308 g/mol. The Bertz CT molecular complexity index is 492. The van der Waals surface area contributed by atoms with Crippen LogP contribution in [0.5, 0.6) is 11.5 Å². The highest BCUT2D eigenvalue weighted by molar-refractivity contribution is 5.90. The van der Waals surface area contributed by atoms with Crippen molar-refractivity contribution < 1.29 is 19.0 Å². The van der Waals surface area contributed by atoms with Crippen LogP contribution in [0, 0.1) is 5.92 Å². The Morgan fingerprint density at radius 1 is 1.14 bits per heavy atom. The average Bonchev–Trinajstić information content (AvgIpc) is 2.50. The van der Waals surface area contributed by atoms with E-state index in [1.165, 1.54) is 0 Å². The molecule has 0 saturated heterocycles. The van der Waals surface area contributed by atoms with Crippen LogP contribution in [0.2, 0.25) is 0 Å². The Kier molecular flexibility index (Phi) is 6.88. The lowest BCUT2D eigenvalue weighted by atomic mass is 9.76. The van der Waals surface area contributed by atoms with Gasteiger partial charge in [0.25, 0.3) is 0 Å². The van der Waals surface area contributed by atoms with E-state index in [0.717, 1.165) is 12.0 Å². The summed E-state index contributed by atoms with van der Waals surface area (Å²) in [5.74, 6) is 1.54. The molecule has 4 nitrogen and oxygen atoms in total. The first-order valence-electron chi connectivity index (χ1n) is 7.69. The Morgan fingerprint density at radius 2 is 1.82 bits per heavy atom. The molecule has 1 aromatic rings. The summed E-state index contributed by atoms with van der Waals surface area (Å²) < 4.78 is 16.1. The number of Topliss-reactive ketones (excluding diaryl/α,β-unsaturated/α-hetero) is 1. The molecule has 0 aliphatic rings. The normalized spacial score (nSPS) is 11.6. The summed E-state index contributed by atoms with van der Waals surface area (Å²) in [6.07, 6.45) is 0.804. The molecule has 0 unspecified atom stereocenters. The first kappa shape index (κ1) is 18.5. The third kappa shape index (κ3) is 4.47. The zero-order valence-corrected chi connectivity index (χ0v) is 14.6. The van der Waals surface area contributed by atoms with Crippen LogP contribution >= 0.6 is 0 Å². The number of hydrogen-bond acceptors (Lipinski definition) is 4. The number of hydrogen-bond donors (Lipinski definition) is 0. The van der Waals surface area contributed by atoms with E-state index in [9.17, 15) is 4.79 Å². The maximum atomic E-state index is 12.4. The van der Waals surface area contributed by atoms with Crippen LogP contribution in [0.1, 0.15) is 39.7 Å². The van der Waals surface area contributed by atoms with Crippen LogP contribution in [0.3, 0.4) is 0 Å². The molecule has 0 bridgehead atoms. The molecule has 0 aliphatic carbocycles. The highest BCUT2D eigenvalue weighted by Crippen LogP contribution is 2.35. The van der Waals surface area contributed by atoms with Gasteiger partial charge in [0.1, 0.15) is 5.78 Å². The van der Waals surface area contributed by atoms with E-state index in [2.05, 4.69) is 0 Å². The van der Waals surface area contributed by atoms with Gasteiger partial charge in [-0.25, -0.2) is 0 Å². The predicted molar refractivity (Wildman–Crippen MR) is 87.9 cm³/mol. The first-order valence-corrected chi connectivity index (χ1v) is 7.69. The van der Waals surface area contributed by atoms with Crippen LogP contribution in [-0.2, 0) is 14.9 Å². The molecule has 0 aliphatic heterocycles. The Hall–Kier alpha value is -1.55. The van der Waals surface area contributed by atoms with E-state index in [1.807, 2.05) is 45.9 Å². The Morgan fingerprint density at radius 3 is 2.36 bits per heavy atom. The minimum Gasteiger partial charge on any atom is -0.493 e. The van der Waals surface area contributed by atoms with Gasteiger partial charge in [-0.1, -0.05) is 19.9 Å². The molecule has 1 rings (SSSR count). The van der Waals surface area contributed by atoms with Gasteiger partial charge in [-0.15, -0.1) is 0 Å². The number of carbonyl (C=O) groups is 1. The number of ketones is 1. The van der Waals surface area contributed by atoms with Crippen molar-refractivity contribution in [1.29, 1.82) is 0 Å². The van der Waals surface area contributed by atoms with Gasteiger partial charge in [-0.05, 0) is 31.5 Å². The smallest absolute Gasteiger partial charge is 0.161 e. The topological polar surface area (TPSA) is 44.8 Å². The van der Waals surface area contributed by atoms with Gasteiger partial charge in [0.2, 0.25) is 0 Å². The molecular formula is C18H28O4. The molecule has 0 N–H and O–H groups in total. The highest BCUT2D eigenvalue weighted by atomic mass is 16.5. The molecule has 0 saturated carbocycles. The first-order chi connectivity index (χ1) is 10.3. The predicted octanol–water partition coefficient (Wildman–Crippen LogP) is 3.61. The third-order valence-electron chi connectivity index (χ3n) is 3.78. The van der Waals surface area contributed by atoms with E-state index >= 15 is 0 Å². The molecule has 0 fully saturated rings. The van der Waals surface area contributed by atoms with Crippen LogP contribution in [-0.4, -0.2) is 33.2 Å². The summed E-state index contributed by atoms with van der Waals surface area (Å²) in [4.78, 5) is 12.4. The van der Waals surface area contributed by atoms with Gasteiger partial charge in [0.05, 0.1) is 13.7 Å². The summed E-state index contributed by atoms with van der Waals surface area (Å²) in [6, 6.07) is 5.70. The van der Waals surface area contributed by atoms with Crippen molar-refractivity contribution in [3.63, 3.8) is 0 Å². The molecule has 1 aromatic carbocycles. The minimum absolute atomic E-state index is 0.0110. The minimum atomic E-state index is -0.551. The van der Waals surface area contributed by atoms with Crippen molar-refractivity contribution in [3.05, 3.63) is 23.8 Å². The molecular weight excluding hydrogens is 280 g/mol. The van der Waals surface area contributed by atoms with Crippen LogP contribution in [0.25, 0.3) is 0 Å². The molecule has 124 valence electrons. The van der Waals surface area contributed by atoms with E-state index in [1.54, 1.807) is 14.2 Å². The highest BCUT2D eigenvalue weighted by Gasteiger charge is 2.32. The van der Waals surface area contributed by atoms with Gasteiger partial charge < -0.3 is 14.2 Å². The lowest BCUT2D eigenvalue weighted by molar-refractivity contribution is -0.126. The molecule has 0 amide bonds. The summed E-state index contributed by atoms with van der Waals surface area (Å²) >= 11 is 0. The van der Waals surface area contributed by atoms with Gasteiger partial charge >= 0.3 is 0 Å². The maximum absolute atomic E-state index is 12.4. The number of carbonyl (C=O) groups excluding carboxylic acids is 1. The second-order valence-electron chi connectivity index (χ2n) is 6.20. The fourth-order valence-electron chi connectivity index (χ4n) is 2.43. The van der Waals surface area contributed by atoms with E-state index in [0.29, 0.717) is 24.7 Å². The fourth-order valence-corrected chi connectivity index (χ4v) is 2.43. The number of ether oxygens (including phenoxy) is 3. The molecule has 4 heteroatoms. The molecule has 0 radical (unpaired) electrons. The Balaban J connectivity index is 3.00. The lowest BCUT2D eigenvalue weighted by Gasteiger charge is -2.26. The molecule has 22 heavy (non-hydrogen) atoms. The molecule has 0 heterocycles. The van der Waals surface area contributed by atoms with Crippen LogP contribution in [0.4, 0.5) is 0 Å². The summed E-state index contributed by atoms with van der Waals surface area (Å²) in [6.45, 7) is 8.95. The summed E-state index contributed by atoms with van der Waals surface area (Å²) in [7, 11) is 3.28. The number of rotatable bonds is 9. The largest absolute Gasteiger partial charge is 0.493 e. The standard InChI is InChI=1S/C18H28O4/c1-13(2)17(19)18(3,4)14-8-9-15(21-6)16(12-14)22-11-7-10-20-5/h8-9,12-13H,7,10-11H2,1-6H3. The molecule has 0 spiro atoms. The van der Waals surface area contributed by atoms with Crippen molar-refractivity contribution in [1.82, 2.24) is 0 Å². The fraction of sp³-hybridized carbons (Fsp3) is 0.611. The quantitative estimate of drug-likeness (QED) is 0.654. The lowest BCUT2D eigenvalue weighted by Crippen LogP contribution is -2.32. The summed E-state index contributed by atoms with van der Waals surface area (Å²) in [5.41, 5.74) is 0.388. The van der Waals surface area contributed by atoms with Gasteiger partial charge in [0.15, 0.2) is 11.5 Å². The Labute approximate surface area is 133 Å². The van der Waals surface area contributed by atoms with Crippen LogP contribution in [0.15, 0.2) is 18.2 Å². The van der Waals surface area contributed by atoms with Crippen molar-refractivity contribution >= 4 is 5.78 Å². The zero-order chi connectivity index (χ0) is 16.8. The zero-order valence-electron chi connectivity index (χ0n) is 14.6. The van der Waals surface area contributed by atoms with Crippen molar-refractivity contribution in [3.8, 4) is 11.5 Å². The maximum Gasteiger partial charge on any atom is 0.161 e. The van der Waals surface area contributed by atoms with Crippen molar-refractivity contribution in [2.24, 2.45) is 5.92 Å². The molecule has 0 aromatic heterocycles. The van der Waals surface area contributed by atoms with Gasteiger partial charge in [-0.2, -0.15) is 0 Å². The SMILES string of the molecule is COCCCOc1cc(C(C)(C)C(=O)C(C)C)ccc1OC. The van der Waals surface area contributed by atoms with Crippen LogP contribution < -0.4 is 9.47 Å². The van der Waals surface area contributed by atoms with Gasteiger partial charge in [-0.3, -0.25) is 4.79 Å². The number of methoxy groups -OCH3 is 2. The number of benzene rings is 1. The monoisotopic (exact) mass is 308 g/mol. The van der Waals surface area contributed by atoms with Crippen molar-refractivity contribution in [2.45, 2.75) is 39.5 Å². The summed E-state index contributed by atoms with van der Waals surface area (Å²) in [5, 5.41) is 0. The van der Waals surface area contributed by atoms with E-state index in [4.69, 9.17) is 14.2 Å².